The highest BCUT2D eigenvalue weighted by Crippen LogP contribution is 2.47. The topological polar surface area (TPSA) is 74.5 Å². The molecule has 6 nitrogen and oxygen atoms in total. The number of hydrogen-bond donors (Lipinski definition) is 0. The van der Waals surface area contributed by atoms with Crippen molar-refractivity contribution in [3.8, 4) is 22.8 Å². The number of benzene rings is 2. The van der Waals surface area contributed by atoms with Crippen LogP contribution >= 0.6 is 23.5 Å². The number of esters is 1. The van der Waals surface area contributed by atoms with Crippen molar-refractivity contribution in [2.45, 2.75) is 11.5 Å². The van der Waals surface area contributed by atoms with Crippen LogP contribution < -0.4 is 9.47 Å². The number of aromatic nitrogens is 2. The first-order chi connectivity index (χ1) is 15.6. The molecule has 0 N–H and O–H groups in total. The summed E-state index contributed by atoms with van der Waals surface area (Å²) in [7, 11) is 1.58. The van der Waals surface area contributed by atoms with Crippen LogP contribution in [0.25, 0.3) is 22.4 Å². The summed E-state index contributed by atoms with van der Waals surface area (Å²) in [5.41, 5.74) is 3.86. The molecule has 0 atom stereocenters. The molecule has 1 aliphatic rings. The summed E-state index contributed by atoms with van der Waals surface area (Å²) in [4.78, 5) is 17.8. The second-order valence-electron chi connectivity index (χ2n) is 7.24. The van der Waals surface area contributed by atoms with Gasteiger partial charge in [0.25, 0.3) is 5.71 Å². The first-order valence-corrected chi connectivity index (χ1v) is 12.2. The van der Waals surface area contributed by atoms with E-state index < -0.39 is 5.97 Å². The zero-order valence-electron chi connectivity index (χ0n) is 17.5. The van der Waals surface area contributed by atoms with Crippen molar-refractivity contribution in [3.05, 3.63) is 71.4 Å². The molecule has 2 aromatic carbocycles. The van der Waals surface area contributed by atoms with E-state index in [0.717, 1.165) is 22.6 Å². The van der Waals surface area contributed by atoms with Gasteiger partial charge in [0.15, 0.2) is 11.5 Å². The van der Waals surface area contributed by atoms with Crippen molar-refractivity contribution in [2.75, 3.05) is 18.6 Å². The minimum Gasteiger partial charge on any atom is -0.493 e. The van der Waals surface area contributed by atoms with Crippen LogP contribution in [-0.2, 0) is 0 Å². The van der Waals surface area contributed by atoms with Gasteiger partial charge in [-0.15, -0.1) is 23.5 Å². The molecule has 1 fully saturated rings. The Morgan fingerprint density at radius 3 is 2.59 bits per heavy atom. The Labute approximate surface area is 193 Å². The SMILES string of the molecule is COc1cc(C2SCCS2)ccc1OC(=O)c1cc(-c2ccccc2)nc2onc(C)c12. The van der Waals surface area contributed by atoms with Crippen LogP contribution in [0.1, 0.15) is 26.2 Å². The fraction of sp³-hybridized carbons (Fsp3) is 0.208. The quantitative estimate of drug-likeness (QED) is 0.267. The lowest BCUT2D eigenvalue weighted by Crippen LogP contribution is -2.11. The van der Waals surface area contributed by atoms with E-state index in [4.69, 9.17) is 14.0 Å². The van der Waals surface area contributed by atoms with Gasteiger partial charge in [-0.1, -0.05) is 41.6 Å². The molecule has 0 bridgehead atoms. The lowest BCUT2D eigenvalue weighted by atomic mass is 10.1. The first kappa shape index (κ1) is 20.9. The van der Waals surface area contributed by atoms with Crippen LogP contribution in [0.5, 0.6) is 11.5 Å². The summed E-state index contributed by atoms with van der Waals surface area (Å²) in [6.07, 6.45) is 0. The maximum atomic E-state index is 13.3. The predicted molar refractivity (Wildman–Crippen MR) is 128 cm³/mol. The van der Waals surface area contributed by atoms with E-state index in [9.17, 15) is 4.79 Å². The Morgan fingerprint density at radius 2 is 1.84 bits per heavy atom. The number of nitrogens with zero attached hydrogens (tertiary/aromatic N) is 2. The number of carbonyl (C=O) groups excluding carboxylic acids is 1. The van der Waals surface area contributed by atoms with Crippen molar-refractivity contribution in [1.82, 2.24) is 10.1 Å². The van der Waals surface area contributed by atoms with Gasteiger partial charge in [-0.2, -0.15) is 0 Å². The molecule has 162 valence electrons. The largest absolute Gasteiger partial charge is 0.493 e. The van der Waals surface area contributed by atoms with Crippen LogP contribution in [0, 0.1) is 6.92 Å². The Balaban J connectivity index is 1.51. The Kier molecular flexibility index (Phi) is 5.80. The van der Waals surface area contributed by atoms with Gasteiger partial charge in [0.1, 0.15) is 0 Å². The molecule has 0 radical (unpaired) electrons. The van der Waals surface area contributed by atoms with E-state index in [0.29, 0.717) is 44.1 Å². The molecule has 4 aromatic rings. The number of methoxy groups -OCH3 is 1. The summed E-state index contributed by atoms with van der Waals surface area (Å²) in [5.74, 6) is 2.65. The molecule has 0 amide bonds. The van der Waals surface area contributed by atoms with Crippen LogP contribution in [0.15, 0.2) is 59.1 Å². The standard InChI is InChI=1S/C24H20N2O4S2/c1-14-21-17(13-18(25-22(21)30-26-14)15-6-4-3-5-7-15)23(27)29-19-9-8-16(12-20(19)28-2)24-31-10-11-32-24/h3-9,12-13,24H,10-11H2,1-2H3. The molecular formula is C24H20N2O4S2. The molecule has 32 heavy (non-hydrogen) atoms. The molecule has 0 spiro atoms. The van der Waals surface area contributed by atoms with Gasteiger partial charge >= 0.3 is 5.97 Å². The minimum atomic E-state index is -0.517. The van der Waals surface area contributed by atoms with Crippen LogP contribution in [0.3, 0.4) is 0 Å². The fourth-order valence-corrected chi connectivity index (χ4v) is 6.47. The second-order valence-corrected chi connectivity index (χ2v) is 9.97. The number of rotatable bonds is 5. The zero-order valence-corrected chi connectivity index (χ0v) is 19.2. The summed E-state index contributed by atoms with van der Waals surface area (Å²) in [6.45, 7) is 1.78. The lowest BCUT2D eigenvalue weighted by Gasteiger charge is -2.14. The van der Waals surface area contributed by atoms with E-state index in [1.807, 2.05) is 66.0 Å². The average molecular weight is 465 g/mol. The molecule has 1 aliphatic heterocycles. The molecule has 1 saturated heterocycles. The van der Waals surface area contributed by atoms with Crippen LogP contribution in [0.4, 0.5) is 0 Å². The van der Waals surface area contributed by atoms with Gasteiger partial charge in [0.05, 0.1) is 34.0 Å². The number of pyridine rings is 1. The number of aryl methyl sites for hydroxylation is 1. The first-order valence-electron chi connectivity index (χ1n) is 10.1. The fourth-order valence-electron chi connectivity index (χ4n) is 3.63. The number of carbonyl (C=O) groups is 1. The molecule has 5 rings (SSSR count). The Morgan fingerprint density at radius 1 is 1.06 bits per heavy atom. The van der Waals surface area contributed by atoms with Crippen molar-refractivity contribution in [1.29, 1.82) is 0 Å². The third kappa shape index (κ3) is 3.96. The minimum absolute atomic E-state index is 0.299. The van der Waals surface area contributed by atoms with Gasteiger partial charge in [0.2, 0.25) is 0 Å². The third-order valence-corrected chi connectivity index (χ3v) is 8.30. The summed E-state index contributed by atoms with van der Waals surface area (Å²) in [5, 5.41) is 4.54. The monoisotopic (exact) mass is 464 g/mol. The predicted octanol–water partition coefficient (Wildman–Crippen LogP) is 5.90. The van der Waals surface area contributed by atoms with E-state index >= 15 is 0 Å². The normalized spacial score (nSPS) is 14.1. The van der Waals surface area contributed by atoms with Crippen molar-refractivity contribution >= 4 is 40.6 Å². The lowest BCUT2D eigenvalue weighted by molar-refractivity contribution is 0.0731. The molecule has 8 heteroatoms. The maximum absolute atomic E-state index is 13.3. The van der Waals surface area contributed by atoms with Crippen molar-refractivity contribution in [3.63, 3.8) is 0 Å². The Bertz CT molecular complexity index is 1280. The van der Waals surface area contributed by atoms with Crippen molar-refractivity contribution < 1.29 is 18.8 Å². The molecule has 2 aromatic heterocycles. The zero-order chi connectivity index (χ0) is 22.1. The van der Waals surface area contributed by atoms with E-state index in [-0.39, 0.29) is 0 Å². The van der Waals surface area contributed by atoms with E-state index in [2.05, 4.69) is 10.1 Å². The smallest absolute Gasteiger partial charge is 0.344 e. The maximum Gasteiger partial charge on any atom is 0.344 e. The van der Waals surface area contributed by atoms with Crippen molar-refractivity contribution in [2.24, 2.45) is 0 Å². The third-order valence-electron chi connectivity index (χ3n) is 5.19. The Hall–Kier alpha value is -2.97. The van der Waals surface area contributed by atoms with Gasteiger partial charge < -0.3 is 14.0 Å². The van der Waals surface area contributed by atoms with E-state index in [1.54, 1.807) is 26.2 Å². The van der Waals surface area contributed by atoms with Gasteiger partial charge in [-0.25, -0.2) is 9.78 Å². The average Bonchev–Trinajstić information content (AvgIpc) is 3.50. The van der Waals surface area contributed by atoms with Crippen LogP contribution in [-0.4, -0.2) is 34.7 Å². The number of thioether (sulfide) groups is 2. The summed E-state index contributed by atoms with van der Waals surface area (Å²) in [6, 6.07) is 17.1. The molecule has 0 saturated carbocycles. The van der Waals surface area contributed by atoms with Gasteiger partial charge in [-0.05, 0) is 30.7 Å². The summed E-state index contributed by atoms with van der Waals surface area (Å²) < 4.78 is 17.1. The highest BCUT2D eigenvalue weighted by Gasteiger charge is 2.24. The van der Waals surface area contributed by atoms with Crippen LogP contribution in [0.2, 0.25) is 0 Å². The number of fused-ring (bicyclic) bond motifs is 1. The molecule has 0 aliphatic carbocycles. The number of hydrogen-bond acceptors (Lipinski definition) is 8. The number of ether oxygens (including phenoxy) is 2. The molecular weight excluding hydrogens is 444 g/mol. The highest BCUT2D eigenvalue weighted by molar-refractivity contribution is 8.19. The molecule has 3 heterocycles. The summed E-state index contributed by atoms with van der Waals surface area (Å²) >= 11 is 3.82. The highest BCUT2D eigenvalue weighted by atomic mass is 32.2. The molecule has 0 unspecified atom stereocenters. The second kappa shape index (κ2) is 8.88. The van der Waals surface area contributed by atoms with Gasteiger partial charge in [0, 0.05) is 17.1 Å². The van der Waals surface area contributed by atoms with E-state index in [1.165, 1.54) is 0 Å². The van der Waals surface area contributed by atoms with Gasteiger partial charge in [-0.3, -0.25) is 0 Å².